The largest absolute Gasteiger partial charge is 1.00 e. The molecule has 4 rings (SSSR count). The molecular formula is C19H26BrNO4. The summed E-state index contributed by atoms with van der Waals surface area (Å²) in [5.74, 6) is -0.904. The SMILES string of the molecule is CC[N+]1(C)[C@@H]2CC(OC(=O)[C@H](CO)c3ccccc3)C[C@H]1C1OC12.[Br-]. The van der Waals surface area contributed by atoms with Crippen molar-refractivity contribution in [1.82, 2.24) is 0 Å². The topological polar surface area (TPSA) is 59.1 Å². The van der Waals surface area contributed by atoms with Gasteiger partial charge in [-0.25, -0.2) is 0 Å². The number of carbonyl (C=O) groups is 1. The molecule has 0 radical (unpaired) electrons. The Hall–Kier alpha value is -0.950. The number of ether oxygens (including phenoxy) is 2. The van der Waals surface area contributed by atoms with Crippen LogP contribution in [0.2, 0.25) is 0 Å². The molecule has 7 atom stereocenters. The Morgan fingerprint density at radius 3 is 2.40 bits per heavy atom. The van der Waals surface area contributed by atoms with Gasteiger partial charge in [-0.05, 0) is 12.5 Å². The first-order chi connectivity index (χ1) is 11.6. The molecule has 3 aliphatic rings. The van der Waals surface area contributed by atoms with Gasteiger partial charge >= 0.3 is 5.97 Å². The number of hydrogen-bond donors (Lipinski definition) is 1. The van der Waals surface area contributed by atoms with Gasteiger partial charge in [0.1, 0.15) is 36.3 Å². The Kier molecular flexibility index (Phi) is 5.26. The minimum absolute atomic E-state index is 0. The van der Waals surface area contributed by atoms with E-state index in [1.165, 1.54) is 0 Å². The van der Waals surface area contributed by atoms with Crippen LogP contribution in [0.3, 0.4) is 0 Å². The zero-order valence-electron chi connectivity index (χ0n) is 14.7. The summed E-state index contributed by atoms with van der Waals surface area (Å²) in [5.41, 5.74) is 0.809. The molecule has 4 unspecified atom stereocenters. The van der Waals surface area contributed by atoms with E-state index in [1.54, 1.807) is 0 Å². The second-order valence-corrected chi connectivity index (χ2v) is 7.54. The zero-order valence-corrected chi connectivity index (χ0v) is 16.3. The van der Waals surface area contributed by atoms with Crippen molar-refractivity contribution in [2.24, 2.45) is 0 Å². The summed E-state index contributed by atoms with van der Waals surface area (Å²) in [5, 5.41) is 9.64. The second kappa shape index (κ2) is 6.99. The average Bonchev–Trinajstić information content (AvgIpc) is 3.35. The molecule has 0 saturated carbocycles. The van der Waals surface area contributed by atoms with E-state index < -0.39 is 5.92 Å². The smallest absolute Gasteiger partial charge is 0.316 e. The van der Waals surface area contributed by atoms with E-state index in [4.69, 9.17) is 9.47 Å². The van der Waals surface area contributed by atoms with Crippen molar-refractivity contribution in [2.75, 3.05) is 20.2 Å². The van der Waals surface area contributed by atoms with Crippen LogP contribution in [0.5, 0.6) is 0 Å². The van der Waals surface area contributed by atoms with E-state index in [-0.39, 0.29) is 35.7 Å². The molecule has 5 nitrogen and oxygen atoms in total. The summed E-state index contributed by atoms with van der Waals surface area (Å²) in [6, 6.07) is 10.2. The van der Waals surface area contributed by atoms with Crippen molar-refractivity contribution < 1.29 is 40.8 Å². The van der Waals surface area contributed by atoms with Crippen LogP contribution in [-0.2, 0) is 14.3 Å². The number of rotatable bonds is 5. The number of hydrogen-bond acceptors (Lipinski definition) is 4. The normalized spacial score (nSPS) is 39.1. The Bertz CT molecular complexity index is 607. The van der Waals surface area contributed by atoms with Crippen LogP contribution < -0.4 is 17.0 Å². The third-order valence-electron chi connectivity index (χ3n) is 6.48. The molecule has 25 heavy (non-hydrogen) atoms. The number of esters is 1. The maximum atomic E-state index is 12.6. The number of halogens is 1. The summed E-state index contributed by atoms with van der Waals surface area (Å²) < 4.78 is 12.7. The van der Waals surface area contributed by atoms with Gasteiger partial charge in [0, 0.05) is 12.8 Å². The maximum absolute atomic E-state index is 12.6. The predicted octanol–water partition coefficient (Wildman–Crippen LogP) is -1.54. The lowest BCUT2D eigenvalue weighted by molar-refractivity contribution is -0.954. The van der Waals surface area contributed by atoms with Crippen molar-refractivity contribution in [3.05, 3.63) is 35.9 Å². The van der Waals surface area contributed by atoms with Crippen molar-refractivity contribution in [1.29, 1.82) is 0 Å². The number of benzene rings is 1. The van der Waals surface area contributed by atoms with E-state index in [2.05, 4.69) is 14.0 Å². The molecule has 0 amide bonds. The second-order valence-electron chi connectivity index (χ2n) is 7.54. The van der Waals surface area contributed by atoms with Gasteiger partial charge < -0.3 is 36.0 Å². The molecule has 3 heterocycles. The van der Waals surface area contributed by atoms with Crippen LogP contribution in [-0.4, -0.2) is 66.2 Å². The maximum Gasteiger partial charge on any atom is 0.316 e. The molecule has 0 aliphatic carbocycles. The molecule has 0 spiro atoms. The lowest BCUT2D eigenvalue weighted by atomic mass is 9.95. The van der Waals surface area contributed by atoms with E-state index in [1.807, 2.05) is 30.3 Å². The Morgan fingerprint density at radius 1 is 1.28 bits per heavy atom. The lowest BCUT2D eigenvalue weighted by Gasteiger charge is -2.47. The number of aliphatic hydroxyl groups is 1. The number of quaternary nitrogens is 1. The van der Waals surface area contributed by atoms with Crippen LogP contribution in [0.25, 0.3) is 0 Å². The summed E-state index contributed by atoms with van der Waals surface area (Å²) in [7, 11) is 2.31. The number of morpholine rings is 1. The molecule has 138 valence electrons. The number of piperidine rings is 1. The highest BCUT2D eigenvalue weighted by Gasteiger charge is 2.71. The molecule has 1 N–H and O–H groups in total. The van der Waals surface area contributed by atoms with Gasteiger partial charge in [-0.3, -0.25) is 4.79 Å². The number of epoxide rings is 1. The summed E-state index contributed by atoms with van der Waals surface area (Å²) in [6.45, 7) is 3.10. The molecule has 1 aromatic rings. The Balaban J connectivity index is 0.00000182. The first-order valence-electron chi connectivity index (χ1n) is 8.95. The number of likely N-dealkylation sites (N-methyl/N-ethyl adjacent to an activating group) is 1. The fourth-order valence-corrected chi connectivity index (χ4v) is 4.87. The molecule has 6 heteroatoms. The summed E-state index contributed by atoms with van der Waals surface area (Å²) in [4.78, 5) is 12.6. The average molecular weight is 412 g/mol. The molecule has 1 aromatic carbocycles. The van der Waals surface area contributed by atoms with E-state index >= 15 is 0 Å². The summed E-state index contributed by atoms with van der Waals surface area (Å²) >= 11 is 0. The predicted molar refractivity (Wildman–Crippen MR) is 88.3 cm³/mol. The Morgan fingerprint density at radius 2 is 1.88 bits per heavy atom. The van der Waals surface area contributed by atoms with Gasteiger partial charge in [0.2, 0.25) is 0 Å². The number of aliphatic hydroxyl groups excluding tert-OH is 1. The highest BCUT2D eigenvalue weighted by molar-refractivity contribution is 5.78. The lowest BCUT2D eigenvalue weighted by Crippen LogP contribution is -3.00. The van der Waals surface area contributed by atoms with E-state index in [0.29, 0.717) is 24.3 Å². The quantitative estimate of drug-likeness (QED) is 0.362. The number of carbonyl (C=O) groups excluding carboxylic acids is 1. The van der Waals surface area contributed by atoms with Gasteiger partial charge in [0.15, 0.2) is 0 Å². The van der Waals surface area contributed by atoms with Crippen LogP contribution in [0.4, 0.5) is 0 Å². The summed E-state index contributed by atoms with van der Waals surface area (Å²) in [6.07, 6.45) is 2.37. The highest BCUT2D eigenvalue weighted by atomic mass is 79.9. The number of fused-ring (bicyclic) bond motifs is 5. The molecule has 3 fully saturated rings. The van der Waals surface area contributed by atoms with Crippen LogP contribution >= 0.6 is 0 Å². The Labute approximate surface area is 159 Å². The first-order valence-corrected chi connectivity index (χ1v) is 8.95. The minimum atomic E-state index is -0.594. The highest BCUT2D eigenvalue weighted by Crippen LogP contribution is 2.52. The van der Waals surface area contributed by atoms with Gasteiger partial charge in [-0.2, -0.15) is 0 Å². The zero-order chi connectivity index (χ0) is 16.9. The van der Waals surface area contributed by atoms with E-state index in [0.717, 1.165) is 29.4 Å². The molecule has 3 aliphatic heterocycles. The van der Waals surface area contributed by atoms with Gasteiger partial charge in [0.05, 0.1) is 20.2 Å². The van der Waals surface area contributed by atoms with Crippen LogP contribution in [0.15, 0.2) is 30.3 Å². The fraction of sp³-hybridized carbons (Fsp3) is 0.632. The van der Waals surface area contributed by atoms with Crippen molar-refractivity contribution >= 4 is 5.97 Å². The van der Waals surface area contributed by atoms with Crippen molar-refractivity contribution in [3.8, 4) is 0 Å². The van der Waals surface area contributed by atoms with Gasteiger partial charge in [-0.1, -0.05) is 30.3 Å². The minimum Gasteiger partial charge on any atom is -1.00 e. The van der Waals surface area contributed by atoms with Gasteiger partial charge in [0.25, 0.3) is 0 Å². The monoisotopic (exact) mass is 411 g/mol. The molecule has 2 bridgehead atoms. The van der Waals surface area contributed by atoms with E-state index in [9.17, 15) is 9.90 Å². The van der Waals surface area contributed by atoms with Crippen molar-refractivity contribution in [2.45, 2.75) is 56.1 Å². The van der Waals surface area contributed by atoms with Crippen LogP contribution in [0, 0.1) is 0 Å². The molecule has 3 saturated heterocycles. The number of nitrogens with zero attached hydrogens (tertiary/aromatic N) is 1. The van der Waals surface area contributed by atoms with Crippen LogP contribution in [0.1, 0.15) is 31.2 Å². The third kappa shape index (κ3) is 3.03. The molecular weight excluding hydrogens is 386 g/mol. The third-order valence-corrected chi connectivity index (χ3v) is 6.48. The standard InChI is InChI=1S/C19H26NO4.BrH/c1-3-20(2)15-9-13(10-16(20)18-17(15)24-18)23-19(22)14(11-21)12-7-5-4-6-8-12;/h4-8,13-18,21H,3,9-11H2,1-2H3;1H/q+1;/p-1/t13?,14-,15-,16+,17?,18?,20?;/m1./s1. The van der Waals surface area contributed by atoms with Crippen molar-refractivity contribution in [3.63, 3.8) is 0 Å². The fourth-order valence-electron chi connectivity index (χ4n) is 4.87. The first kappa shape index (κ1) is 18.8. The molecule has 0 aromatic heterocycles. The van der Waals surface area contributed by atoms with Gasteiger partial charge in [-0.15, -0.1) is 0 Å².